The van der Waals surface area contributed by atoms with Crippen molar-refractivity contribution in [3.63, 3.8) is 0 Å². The van der Waals surface area contributed by atoms with E-state index in [1.165, 1.54) is 5.56 Å². The van der Waals surface area contributed by atoms with E-state index in [1.54, 1.807) is 0 Å². The van der Waals surface area contributed by atoms with Gasteiger partial charge in [-0.3, -0.25) is 0 Å². The van der Waals surface area contributed by atoms with Gasteiger partial charge in [-0.05, 0) is 49.2 Å². The van der Waals surface area contributed by atoms with Crippen LogP contribution >= 0.6 is 23.2 Å². The molecule has 4 aromatic rings. The number of halogens is 2. The Bertz CT molecular complexity index is 1380. The highest BCUT2D eigenvalue weighted by molar-refractivity contribution is 6.42. The lowest BCUT2D eigenvalue weighted by Gasteiger charge is -2.21. The summed E-state index contributed by atoms with van der Waals surface area (Å²) in [6.07, 6.45) is 2.90. The molecule has 164 valence electrons. The molecule has 0 spiro atoms. The van der Waals surface area contributed by atoms with Gasteiger partial charge in [0, 0.05) is 41.8 Å². The Hall–Kier alpha value is -3.08. The minimum Gasteiger partial charge on any atom is -0.330 e. The van der Waals surface area contributed by atoms with E-state index >= 15 is 0 Å². The monoisotopic (exact) mass is 472 g/mol. The van der Waals surface area contributed by atoms with Crippen molar-refractivity contribution in [3.05, 3.63) is 88.4 Å². The minimum absolute atomic E-state index is 0.564. The largest absolute Gasteiger partial charge is 0.330 e. The number of nitrogens with zero attached hydrogens (tertiary/aromatic N) is 4. The highest BCUT2D eigenvalue weighted by Gasteiger charge is 2.28. The Morgan fingerprint density at radius 1 is 0.758 bits per heavy atom. The maximum atomic E-state index is 6.32. The number of aliphatic imine (C=N–C) groups is 1. The first kappa shape index (κ1) is 20.5. The lowest BCUT2D eigenvalue weighted by Crippen LogP contribution is -2.24. The molecule has 0 atom stereocenters. The standard InChI is InChI=1S/C27H22Cl2N4/c28-22-13-12-19(17-23(22)29)32-15-6-11-25(32)31-26-20-9-4-5-10-24(20)30-27-21(26)14-16-33(27)18-7-2-1-3-8-18/h1-5,7-10,12-13,17H,6,11,14-16H2/b31-25+. The van der Waals surface area contributed by atoms with Gasteiger partial charge in [0.05, 0.1) is 21.2 Å². The molecule has 2 aliphatic heterocycles. The molecule has 0 radical (unpaired) electrons. The topological polar surface area (TPSA) is 31.7 Å². The third-order valence-corrected chi connectivity index (χ3v) is 7.14. The summed E-state index contributed by atoms with van der Waals surface area (Å²) in [6.45, 7) is 1.81. The van der Waals surface area contributed by atoms with Crippen molar-refractivity contribution in [1.29, 1.82) is 0 Å². The van der Waals surface area contributed by atoms with Crippen molar-refractivity contribution in [1.82, 2.24) is 4.98 Å². The van der Waals surface area contributed by atoms with Crippen LogP contribution in [-0.2, 0) is 6.42 Å². The molecule has 0 amide bonds. The summed E-state index contributed by atoms with van der Waals surface area (Å²) < 4.78 is 0. The maximum absolute atomic E-state index is 6.32. The van der Waals surface area contributed by atoms with Crippen LogP contribution in [0.2, 0.25) is 10.0 Å². The molecule has 6 rings (SSSR count). The molecule has 0 unspecified atom stereocenters. The smallest absolute Gasteiger partial charge is 0.139 e. The highest BCUT2D eigenvalue weighted by Crippen LogP contribution is 2.43. The average Bonchev–Trinajstić information content (AvgIpc) is 3.48. The lowest BCUT2D eigenvalue weighted by molar-refractivity contribution is 0.956. The number of pyridine rings is 1. The van der Waals surface area contributed by atoms with Gasteiger partial charge >= 0.3 is 0 Å². The first-order chi connectivity index (χ1) is 16.2. The van der Waals surface area contributed by atoms with Crippen molar-refractivity contribution in [2.24, 2.45) is 4.99 Å². The first-order valence-electron chi connectivity index (χ1n) is 11.2. The van der Waals surface area contributed by atoms with Crippen LogP contribution in [0.15, 0.2) is 77.8 Å². The van der Waals surface area contributed by atoms with Crippen LogP contribution < -0.4 is 9.80 Å². The summed E-state index contributed by atoms with van der Waals surface area (Å²) in [5.41, 5.74) is 5.41. The molecule has 0 saturated carbocycles. The van der Waals surface area contributed by atoms with E-state index in [4.69, 9.17) is 33.2 Å². The van der Waals surface area contributed by atoms with E-state index in [0.717, 1.165) is 72.0 Å². The molecular weight excluding hydrogens is 451 g/mol. The SMILES string of the molecule is Clc1ccc(N2CCC/C2=N\c2c3c(nc4ccccc24)N(c2ccccc2)CC3)cc1Cl. The van der Waals surface area contributed by atoms with E-state index in [2.05, 4.69) is 52.3 Å². The molecule has 1 saturated heterocycles. The van der Waals surface area contributed by atoms with Crippen LogP contribution in [0.25, 0.3) is 10.9 Å². The van der Waals surface area contributed by atoms with E-state index in [9.17, 15) is 0 Å². The van der Waals surface area contributed by atoms with Crippen LogP contribution in [0.1, 0.15) is 18.4 Å². The molecule has 3 heterocycles. The zero-order valence-electron chi connectivity index (χ0n) is 18.0. The van der Waals surface area contributed by atoms with Crippen LogP contribution in [0.3, 0.4) is 0 Å². The minimum atomic E-state index is 0.564. The van der Waals surface area contributed by atoms with Crippen LogP contribution in [0.5, 0.6) is 0 Å². The fourth-order valence-corrected chi connectivity index (χ4v) is 5.12. The normalized spacial score (nSPS) is 16.7. The Labute approximate surface area is 203 Å². The van der Waals surface area contributed by atoms with Gasteiger partial charge in [-0.25, -0.2) is 9.98 Å². The van der Waals surface area contributed by atoms with Gasteiger partial charge in [0.15, 0.2) is 0 Å². The van der Waals surface area contributed by atoms with Gasteiger partial charge in [0.2, 0.25) is 0 Å². The van der Waals surface area contributed by atoms with E-state index in [0.29, 0.717) is 10.0 Å². The summed E-state index contributed by atoms with van der Waals surface area (Å²) in [7, 11) is 0. The summed E-state index contributed by atoms with van der Waals surface area (Å²) in [6, 6.07) is 24.6. The van der Waals surface area contributed by atoms with E-state index < -0.39 is 0 Å². The summed E-state index contributed by atoms with van der Waals surface area (Å²) in [4.78, 5) is 14.9. The average molecular weight is 473 g/mol. The number of hydrogen-bond donors (Lipinski definition) is 0. The third-order valence-electron chi connectivity index (χ3n) is 6.40. The summed E-state index contributed by atoms with van der Waals surface area (Å²) >= 11 is 12.5. The van der Waals surface area contributed by atoms with E-state index in [1.807, 2.05) is 30.3 Å². The number of aromatic nitrogens is 1. The lowest BCUT2D eigenvalue weighted by atomic mass is 10.1. The molecular formula is C27H22Cl2N4. The van der Waals surface area contributed by atoms with Crippen LogP contribution in [-0.4, -0.2) is 23.9 Å². The van der Waals surface area contributed by atoms with Crippen molar-refractivity contribution in [2.45, 2.75) is 19.3 Å². The molecule has 1 aromatic heterocycles. The predicted molar refractivity (Wildman–Crippen MR) is 139 cm³/mol. The van der Waals surface area contributed by atoms with Crippen molar-refractivity contribution < 1.29 is 0 Å². The van der Waals surface area contributed by atoms with Crippen molar-refractivity contribution >= 4 is 62.8 Å². The van der Waals surface area contributed by atoms with Gasteiger partial charge in [-0.2, -0.15) is 0 Å². The number of hydrogen-bond acceptors (Lipinski definition) is 3. The third kappa shape index (κ3) is 3.64. The number of para-hydroxylation sites is 2. The van der Waals surface area contributed by atoms with Crippen LogP contribution in [0.4, 0.5) is 22.9 Å². The van der Waals surface area contributed by atoms with E-state index in [-0.39, 0.29) is 0 Å². The molecule has 2 aliphatic rings. The zero-order valence-corrected chi connectivity index (χ0v) is 19.5. The van der Waals surface area contributed by atoms with Crippen molar-refractivity contribution in [3.8, 4) is 0 Å². The summed E-state index contributed by atoms with van der Waals surface area (Å²) in [5.74, 6) is 2.07. The number of amidine groups is 1. The fraction of sp³-hybridized carbons (Fsp3) is 0.185. The number of benzene rings is 3. The first-order valence-corrected chi connectivity index (χ1v) is 12.0. The number of anilines is 3. The molecule has 4 nitrogen and oxygen atoms in total. The Morgan fingerprint density at radius 3 is 2.42 bits per heavy atom. The maximum Gasteiger partial charge on any atom is 0.139 e. The van der Waals surface area contributed by atoms with Gasteiger partial charge in [-0.15, -0.1) is 0 Å². The van der Waals surface area contributed by atoms with Crippen molar-refractivity contribution in [2.75, 3.05) is 22.9 Å². The second-order valence-corrected chi connectivity index (χ2v) is 9.21. The highest BCUT2D eigenvalue weighted by atomic mass is 35.5. The van der Waals surface area contributed by atoms with Gasteiger partial charge in [-0.1, -0.05) is 59.6 Å². The zero-order chi connectivity index (χ0) is 22.4. The Balaban J connectivity index is 1.50. The predicted octanol–water partition coefficient (Wildman–Crippen LogP) is 7.57. The number of rotatable bonds is 3. The fourth-order valence-electron chi connectivity index (χ4n) is 4.83. The van der Waals surface area contributed by atoms with Gasteiger partial charge in [0.1, 0.15) is 11.7 Å². The molecule has 0 bridgehead atoms. The quantitative estimate of drug-likeness (QED) is 0.308. The summed E-state index contributed by atoms with van der Waals surface area (Å²) in [5, 5.41) is 2.23. The molecule has 0 aliphatic carbocycles. The molecule has 1 fully saturated rings. The second kappa shape index (κ2) is 8.36. The second-order valence-electron chi connectivity index (χ2n) is 8.40. The molecule has 0 N–H and O–H groups in total. The number of fused-ring (bicyclic) bond motifs is 2. The Morgan fingerprint density at radius 2 is 1.58 bits per heavy atom. The molecule has 6 heteroatoms. The van der Waals surface area contributed by atoms with Gasteiger partial charge in [0.25, 0.3) is 0 Å². The molecule has 33 heavy (non-hydrogen) atoms. The Kier molecular flexibility index (Phi) is 5.20. The van der Waals surface area contributed by atoms with Crippen LogP contribution in [0, 0.1) is 0 Å². The van der Waals surface area contributed by atoms with Gasteiger partial charge < -0.3 is 9.80 Å². The molecule has 3 aromatic carbocycles.